The van der Waals surface area contributed by atoms with Gasteiger partial charge in [-0.15, -0.1) is 0 Å². The van der Waals surface area contributed by atoms with E-state index in [4.69, 9.17) is 11.6 Å². The van der Waals surface area contributed by atoms with E-state index in [2.05, 4.69) is 5.32 Å². The first-order valence-corrected chi connectivity index (χ1v) is 6.77. The van der Waals surface area contributed by atoms with E-state index in [9.17, 15) is 8.78 Å². The molecule has 20 heavy (non-hydrogen) atoms. The van der Waals surface area contributed by atoms with Crippen LogP contribution < -0.4 is 5.32 Å². The van der Waals surface area contributed by atoms with Crippen LogP contribution >= 0.6 is 11.6 Å². The van der Waals surface area contributed by atoms with Gasteiger partial charge in [0.1, 0.15) is 11.6 Å². The van der Waals surface area contributed by atoms with Gasteiger partial charge in [-0.2, -0.15) is 0 Å². The number of halogens is 3. The second-order valence-electron chi connectivity index (χ2n) is 4.76. The largest absolute Gasteiger partial charge is 0.313 e. The lowest BCUT2D eigenvalue weighted by molar-refractivity contribution is 0.576. The molecule has 0 heterocycles. The molecule has 0 radical (unpaired) electrons. The van der Waals surface area contributed by atoms with Crippen molar-refractivity contribution in [3.63, 3.8) is 0 Å². The molecule has 0 aliphatic heterocycles. The molecule has 2 aromatic rings. The highest BCUT2D eigenvalue weighted by atomic mass is 35.5. The minimum absolute atomic E-state index is 0.0464. The lowest BCUT2D eigenvalue weighted by Gasteiger charge is -2.19. The van der Waals surface area contributed by atoms with Crippen molar-refractivity contribution in [3.8, 4) is 0 Å². The first-order chi connectivity index (χ1) is 9.52. The molecule has 1 nitrogen and oxygen atoms in total. The van der Waals surface area contributed by atoms with Crippen LogP contribution in [0.5, 0.6) is 0 Å². The van der Waals surface area contributed by atoms with Crippen LogP contribution in [0.2, 0.25) is 5.02 Å². The summed E-state index contributed by atoms with van der Waals surface area (Å²) in [5, 5.41) is 3.32. The Morgan fingerprint density at radius 3 is 2.60 bits per heavy atom. The van der Waals surface area contributed by atoms with Crippen LogP contribution in [-0.2, 0) is 6.42 Å². The summed E-state index contributed by atoms with van der Waals surface area (Å²) in [7, 11) is 1.82. The van der Waals surface area contributed by atoms with Gasteiger partial charge >= 0.3 is 0 Å². The van der Waals surface area contributed by atoms with Crippen LogP contribution in [-0.4, -0.2) is 7.05 Å². The fraction of sp³-hybridized carbons (Fsp3) is 0.250. The molecule has 0 aliphatic rings. The number of rotatable bonds is 4. The second kappa shape index (κ2) is 6.33. The molecule has 0 saturated heterocycles. The SMILES string of the molecule is CNC(Cc1cccc(F)c1Cl)c1ccc(F)cc1C. The number of hydrogen-bond donors (Lipinski definition) is 1. The summed E-state index contributed by atoms with van der Waals surface area (Å²) in [6.07, 6.45) is 0.541. The molecule has 0 amide bonds. The van der Waals surface area contributed by atoms with Gasteiger partial charge in [0, 0.05) is 6.04 Å². The van der Waals surface area contributed by atoms with Gasteiger partial charge < -0.3 is 5.32 Å². The topological polar surface area (TPSA) is 12.0 Å². The van der Waals surface area contributed by atoms with E-state index in [1.54, 1.807) is 18.2 Å². The summed E-state index contributed by atoms with van der Waals surface area (Å²) >= 11 is 5.98. The Hall–Kier alpha value is -1.45. The Bertz CT molecular complexity index is 613. The molecule has 0 aromatic heterocycles. The monoisotopic (exact) mass is 295 g/mol. The Kier molecular flexibility index (Phi) is 4.73. The Morgan fingerprint density at radius 2 is 1.95 bits per heavy atom. The maximum Gasteiger partial charge on any atom is 0.142 e. The number of hydrogen-bond acceptors (Lipinski definition) is 1. The van der Waals surface area contributed by atoms with Crippen LogP contribution in [0.15, 0.2) is 36.4 Å². The lowest BCUT2D eigenvalue weighted by Crippen LogP contribution is -2.20. The first-order valence-electron chi connectivity index (χ1n) is 6.39. The van der Waals surface area contributed by atoms with Crippen molar-refractivity contribution in [3.05, 3.63) is 69.7 Å². The molecule has 4 heteroatoms. The van der Waals surface area contributed by atoms with Gasteiger partial charge in [0.25, 0.3) is 0 Å². The van der Waals surface area contributed by atoms with Gasteiger partial charge in [-0.1, -0.05) is 29.8 Å². The summed E-state index contributed by atoms with van der Waals surface area (Å²) in [6.45, 7) is 1.86. The molecule has 0 fully saturated rings. The van der Waals surface area contributed by atoms with Crippen molar-refractivity contribution < 1.29 is 8.78 Å². The molecule has 1 N–H and O–H groups in total. The van der Waals surface area contributed by atoms with E-state index in [1.165, 1.54) is 18.2 Å². The van der Waals surface area contributed by atoms with Crippen molar-refractivity contribution in [1.82, 2.24) is 5.32 Å². The molecule has 1 unspecified atom stereocenters. The molecule has 2 aromatic carbocycles. The van der Waals surface area contributed by atoms with Crippen LogP contribution in [0.3, 0.4) is 0 Å². The fourth-order valence-electron chi connectivity index (χ4n) is 2.32. The van der Waals surface area contributed by atoms with Gasteiger partial charge in [0.2, 0.25) is 0 Å². The third-order valence-electron chi connectivity index (χ3n) is 3.41. The third-order valence-corrected chi connectivity index (χ3v) is 3.83. The predicted octanol–water partition coefficient (Wildman–Crippen LogP) is 4.43. The molecule has 0 saturated carbocycles. The molecule has 0 aliphatic carbocycles. The molecule has 106 valence electrons. The van der Waals surface area contributed by atoms with Crippen LogP contribution in [0.25, 0.3) is 0 Å². The van der Waals surface area contributed by atoms with Gasteiger partial charge in [0.15, 0.2) is 0 Å². The van der Waals surface area contributed by atoms with E-state index in [0.29, 0.717) is 6.42 Å². The first kappa shape index (κ1) is 14.9. The Morgan fingerprint density at radius 1 is 1.20 bits per heavy atom. The van der Waals surface area contributed by atoms with E-state index in [-0.39, 0.29) is 16.9 Å². The summed E-state index contributed by atoms with van der Waals surface area (Å²) in [6, 6.07) is 9.40. The maximum atomic E-state index is 13.5. The molecular weight excluding hydrogens is 280 g/mol. The fourth-order valence-corrected chi connectivity index (χ4v) is 2.53. The van der Waals surface area contributed by atoms with Crippen LogP contribution in [0.1, 0.15) is 22.7 Å². The maximum absolute atomic E-state index is 13.5. The molecule has 2 rings (SSSR count). The summed E-state index contributed by atoms with van der Waals surface area (Å²) in [5.74, 6) is -0.681. The lowest BCUT2D eigenvalue weighted by atomic mass is 9.95. The minimum Gasteiger partial charge on any atom is -0.313 e. The highest BCUT2D eigenvalue weighted by Gasteiger charge is 2.16. The zero-order valence-corrected chi connectivity index (χ0v) is 12.1. The summed E-state index contributed by atoms with van der Waals surface area (Å²) < 4.78 is 26.6. The van der Waals surface area contributed by atoms with Gasteiger partial charge in [-0.3, -0.25) is 0 Å². The standard InChI is InChI=1S/C16H16ClF2N/c1-10-8-12(18)6-7-13(10)15(20-2)9-11-4-3-5-14(19)16(11)17/h3-8,15,20H,9H2,1-2H3. The predicted molar refractivity (Wildman–Crippen MR) is 78.1 cm³/mol. The highest BCUT2D eigenvalue weighted by Crippen LogP contribution is 2.27. The molecule has 0 bridgehead atoms. The zero-order chi connectivity index (χ0) is 14.7. The van der Waals surface area contributed by atoms with Crippen molar-refractivity contribution >= 4 is 11.6 Å². The normalized spacial score (nSPS) is 12.4. The number of benzene rings is 2. The van der Waals surface area contributed by atoms with Crippen molar-refractivity contribution in [2.24, 2.45) is 0 Å². The van der Waals surface area contributed by atoms with Gasteiger partial charge in [-0.05, 0) is 55.3 Å². The number of likely N-dealkylation sites (N-methyl/N-ethyl adjacent to an activating group) is 1. The summed E-state index contributed by atoms with van der Waals surface area (Å²) in [5.41, 5.74) is 2.57. The number of nitrogens with one attached hydrogen (secondary N) is 1. The zero-order valence-electron chi connectivity index (χ0n) is 11.4. The van der Waals surface area contributed by atoms with E-state index in [0.717, 1.165) is 16.7 Å². The highest BCUT2D eigenvalue weighted by molar-refractivity contribution is 6.31. The molecule has 0 spiro atoms. The van der Waals surface area contributed by atoms with Crippen molar-refractivity contribution in [2.75, 3.05) is 7.05 Å². The van der Waals surface area contributed by atoms with Crippen LogP contribution in [0.4, 0.5) is 8.78 Å². The van der Waals surface area contributed by atoms with Crippen LogP contribution in [0, 0.1) is 18.6 Å². The minimum atomic E-state index is -0.421. The molecule has 1 atom stereocenters. The summed E-state index contributed by atoms with van der Waals surface area (Å²) in [4.78, 5) is 0. The van der Waals surface area contributed by atoms with E-state index < -0.39 is 5.82 Å². The average Bonchev–Trinajstić information content (AvgIpc) is 2.41. The van der Waals surface area contributed by atoms with E-state index >= 15 is 0 Å². The Balaban J connectivity index is 2.31. The third kappa shape index (κ3) is 3.17. The quantitative estimate of drug-likeness (QED) is 0.880. The van der Waals surface area contributed by atoms with Crippen molar-refractivity contribution in [2.45, 2.75) is 19.4 Å². The van der Waals surface area contributed by atoms with E-state index in [1.807, 2.05) is 14.0 Å². The second-order valence-corrected chi connectivity index (χ2v) is 5.14. The van der Waals surface area contributed by atoms with Gasteiger partial charge in [0.05, 0.1) is 5.02 Å². The smallest absolute Gasteiger partial charge is 0.142 e. The molecular formula is C16H16ClF2N. The van der Waals surface area contributed by atoms with Crippen molar-refractivity contribution in [1.29, 1.82) is 0 Å². The number of aryl methyl sites for hydroxylation is 1. The Labute approximate surface area is 122 Å². The van der Waals surface area contributed by atoms with Gasteiger partial charge in [-0.25, -0.2) is 8.78 Å². The average molecular weight is 296 g/mol.